The van der Waals surface area contributed by atoms with Gasteiger partial charge in [0, 0.05) is 15.6 Å². The molecular weight excluding hydrogens is 311 g/mol. The summed E-state index contributed by atoms with van der Waals surface area (Å²) in [5, 5.41) is 10.1. The van der Waals surface area contributed by atoms with E-state index < -0.39 is 5.97 Å². The number of aryl methyl sites for hydroxylation is 2. The first-order valence-corrected chi connectivity index (χ1v) is 7.05. The molecular formula is C16H14Cl2O3. The van der Waals surface area contributed by atoms with Crippen LogP contribution in [-0.4, -0.2) is 11.1 Å². The zero-order chi connectivity index (χ0) is 15.6. The highest BCUT2D eigenvalue weighted by Gasteiger charge is 2.11. The highest BCUT2D eigenvalue weighted by molar-refractivity contribution is 6.35. The van der Waals surface area contributed by atoms with Gasteiger partial charge >= 0.3 is 5.97 Å². The molecule has 110 valence electrons. The Hall–Kier alpha value is -1.71. The molecule has 21 heavy (non-hydrogen) atoms. The van der Waals surface area contributed by atoms with Crippen LogP contribution in [0.4, 0.5) is 0 Å². The molecule has 0 spiro atoms. The summed E-state index contributed by atoms with van der Waals surface area (Å²) >= 11 is 12.0. The van der Waals surface area contributed by atoms with Gasteiger partial charge in [0.2, 0.25) is 0 Å². The highest BCUT2D eigenvalue weighted by Crippen LogP contribution is 2.27. The molecule has 0 amide bonds. The summed E-state index contributed by atoms with van der Waals surface area (Å²) in [4.78, 5) is 11.0. The van der Waals surface area contributed by atoms with Crippen molar-refractivity contribution in [2.45, 2.75) is 20.5 Å². The zero-order valence-electron chi connectivity index (χ0n) is 11.6. The summed E-state index contributed by atoms with van der Waals surface area (Å²) in [6, 6.07) is 8.40. The van der Waals surface area contributed by atoms with Crippen LogP contribution < -0.4 is 4.74 Å². The standard InChI is InChI=1S/C16H14Cl2O3/c1-9-5-12(16(19)20)6-10(2)15(9)21-8-11-3-4-13(17)7-14(11)18/h3-7H,8H2,1-2H3,(H,19,20). The molecule has 0 aliphatic carbocycles. The molecule has 0 bridgehead atoms. The van der Waals surface area contributed by atoms with E-state index in [4.69, 9.17) is 33.0 Å². The Kier molecular flexibility index (Phi) is 4.76. The molecule has 0 atom stereocenters. The normalized spacial score (nSPS) is 10.5. The van der Waals surface area contributed by atoms with Crippen molar-refractivity contribution in [3.63, 3.8) is 0 Å². The lowest BCUT2D eigenvalue weighted by molar-refractivity contribution is 0.0696. The van der Waals surface area contributed by atoms with Crippen LogP contribution in [-0.2, 0) is 6.61 Å². The van der Waals surface area contributed by atoms with E-state index in [1.165, 1.54) is 0 Å². The van der Waals surface area contributed by atoms with Crippen molar-refractivity contribution in [3.05, 3.63) is 62.6 Å². The maximum absolute atomic E-state index is 11.0. The Morgan fingerprint density at radius 3 is 2.29 bits per heavy atom. The number of hydrogen-bond acceptors (Lipinski definition) is 2. The smallest absolute Gasteiger partial charge is 0.335 e. The van der Waals surface area contributed by atoms with Crippen LogP contribution >= 0.6 is 23.2 Å². The molecule has 1 N–H and O–H groups in total. The van der Waals surface area contributed by atoms with E-state index in [1.807, 2.05) is 13.8 Å². The third-order valence-corrected chi connectivity index (χ3v) is 3.68. The third kappa shape index (κ3) is 3.69. The van der Waals surface area contributed by atoms with Crippen LogP contribution in [0.5, 0.6) is 5.75 Å². The van der Waals surface area contributed by atoms with Gasteiger partial charge < -0.3 is 9.84 Å². The Balaban J connectivity index is 2.22. The first-order valence-electron chi connectivity index (χ1n) is 6.29. The molecule has 2 aromatic carbocycles. The zero-order valence-corrected chi connectivity index (χ0v) is 13.1. The summed E-state index contributed by atoms with van der Waals surface area (Å²) in [6.07, 6.45) is 0. The van der Waals surface area contributed by atoms with E-state index in [0.29, 0.717) is 22.4 Å². The Labute approximate surface area is 133 Å². The number of benzene rings is 2. The molecule has 5 heteroatoms. The molecule has 0 aromatic heterocycles. The first kappa shape index (κ1) is 15.7. The Morgan fingerprint density at radius 1 is 1.14 bits per heavy atom. The second-order valence-corrected chi connectivity index (χ2v) is 5.61. The maximum Gasteiger partial charge on any atom is 0.335 e. The monoisotopic (exact) mass is 324 g/mol. The highest BCUT2D eigenvalue weighted by atomic mass is 35.5. The second kappa shape index (κ2) is 6.37. The number of aromatic carboxylic acids is 1. The number of carboxylic acids is 1. The van der Waals surface area contributed by atoms with Crippen LogP contribution in [0.3, 0.4) is 0 Å². The number of ether oxygens (including phenoxy) is 1. The van der Waals surface area contributed by atoms with Crippen molar-refractivity contribution in [2.75, 3.05) is 0 Å². The van der Waals surface area contributed by atoms with Crippen LogP contribution in [0.25, 0.3) is 0 Å². The van der Waals surface area contributed by atoms with E-state index in [-0.39, 0.29) is 5.56 Å². The molecule has 2 rings (SSSR count). The third-order valence-electron chi connectivity index (χ3n) is 3.09. The fourth-order valence-corrected chi connectivity index (χ4v) is 2.55. The minimum Gasteiger partial charge on any atom is -0.488 e. The summed E-state index contributed by atoms with van der Waals surface area (Å²) < 4.78 is 5.79. The lowest BCUT2D eigenvalue weighted by Crippen LogP contribution is -2.03. The molecule has 0 aliphatic heterocycles. The van der Waals surface area contributed by atoms with Crippen molar-refractivity contribution >= 4 is 29.2 Å². The van der Waals surface area contributed by atoms with Crippen molar-refractivity contribution in [3.8, 4) is 5.75 Å². The predicted octanol–water partition coefficient (Wildman–Crippen LogP) is 4.89. The quantitative estimate of drug-likeness (QED) is 0.871. The molecule has 0 saturated heterocycles. The van der Waals surface area contributed by atoms with Gasteiger partial charge in [0.1, 0.15) is 12.4 Å². The summed E-state index contributed by atoms with van der Waals surface area (Å²) in [5.74, 6) is -0.278. The van der Waals surface area contributed by atoms with Crippen LogP contribution in [0.1, 0.15) is 27.0 Å². The van der Waals surface area contributed by atoms with Crippen LogP contribution in [0.15, 0.2) is 30.3 Å². The average molecular weight is 325 g/mol. The number of carbonyl (C=O) groups is 1. The maximum atomic E-state index is 11.0. The predicted molar refractivity (Wildman–Crippen MR) is 83.7 cm³/mol. The topological polar surface area (TPSA) is 46.5 Å². The number of hydrogen-bond donors (Lipinski definition) is 1. The summed E-state index contributed by atoms with van der Waals surface area (Å²) in [5.41, 5.74) is 2.62. The van der Waals surface area contributed by atoms with Crippen molar-refractivity contribution < 1.29 is 14.6 Å². The largest absolute Gasteiger partial charge is 0.488 e. The molecule has 0 radical (unpaired) electrons. The first-order chi connectivity index (χ1) is 9.88. The SMILES string of the molecule is Cc1cc(C(=O)O)cc(C)c1OCc1ccc(Cl)cc1Cl. The van der Waals surface area contributed by atoms with E-state index >= 15 is 0 Å². The van der Waals surface area contributed by atoms with Gasteiger partial charge in [-0.25, -0.2) is 4.79 Å². The minimum absolute atomic E-state index is 0.252. The molecule has 0 aliphatic rings. The minimum atomic E-state index is -0.950. The van der Waals surface area contributed by atoms with Crippen molar-refractivity contribution in [1.82, 2.24) is 0 Å². The molecule has 0 unspecified atom stereocenters. The van der Waals surface area contributed by atoms with Crippen molar-refractivity contribution in [2.24, 2.45) is 0 Å². The average Bonchev–Trinajstić information content (AvgIpc) is 2.39. The van der Waals surface area contributed by atoms with Gasteiger partial charge in [-0.15, -0.1) is 0 Å². The Bertz CT molecular complexity index is 673. The molecule has 0 saturated carbocycles. The fraction of sp³-hybridized carbons (Fsp3) is 0.188. The van der Waals surface area contributed by atoms with Gasteiger partial charge in [-0.2, -0.15) is 0 Å². The molecule has 0 heterocycles. The van der Waals surface area contributed by atoms with E-state index in [2.05, 4.69) is 0 Å². The lowest BCUT2D eigenvalue weighted by atomic mass is 10.1. The van der Waals surface area contributed by atoms with Gasteiger partial charge in [-0.3, -0.25) is 0 Å². The summed E-state index contributed by atoms with van der Waals surface area (Å²) in [7, 11) is 0. The van der Waals surface area contributed by atoms with E-state index in [9.17, 15) is 4.79 Å². The molecule has 0 fully saturated rings. The van der Waals surface area contributed by atoms with Gasteiger partial charge in [0.15, 0.2) is 0 Å². The van der Waals surface area contributed by atoms with Gasteiger partial charge in [0.25, 0.3) is 0 Å². The number of carboxylic acid groups (broad SMARTS) is 1. The van der Waals surface area contributed by atoms with Crippen LogP contribution in [0.2, 0.25) is 10.0 Å². The van der Waals surface area contributed by atoms with Crippen molar-refractivity contribution in [1.29, 1.82) is 0 Å². The number of rotatable bonds is 4. The van der Waals surface area contributed by atoms with Gasteiger partial charge in [0.05, 0.1) is 5.56 Å². The lowest BCUT2D eigenvalue weighted by Gasteiger charge is -2.14. The molecule has 3 nitrogen and oxygen atoms in total. The van der Waals surface area contributed by atoms with E-state index in [0.717, 1.165) is 16.7 Å². The van der Waals surface area contributed by atoms with Gasteiger partial charge in [-0.05, 0) is 49.2 Å². The second-order valence-electron chi connectivity index (χ2n) is 4.77. The number of halogens is 2. The fourth-order valence-electron chi connectivity index (χ4n) is 2.09. The Morgan fingerprint density at radius 2 is 1.76 bits per heavy atom. The van der Waals surface area contributed by atoms with Gasteiger partial charge in [-0.1, -0.05) is 29.3 Å². The van der Waals surface area contributed by atoms with Crippen LogP contribution in [0, 0.1) is 13.8 Å². The summed E-state index contributed by atoms with van der Waals surface area (Å²) in [6.45, 7) is 3.93. The van der Waals surface area contributed by atoms with E-state index in [1.54, 1.807) is 30.3 Å². The molecule has 2 aromatic rings.